The Morgan fingerprint density at radius 3 is 2.44 bits per heavy atom. The molecule has 0 saturated carbocycles. The predicted octanol–water partition coefficient (Wildman–Crippen LogP) is 3.86. The van der Waals surface area contributed by atoms with Gasteiger partial charge in [-0.2, -0.15) is 11.8 Å². The molecule has 1 atom stereocenters. The minimum Gasteiger partial charge on any atom is -0.334 e. The highest BCUT2D eigenvalue weighted by Crippen LogP contribution is 2.22. The second kappa shape index (κ2) is 8.54. The van der Waals surface area contributed by atoms with E-state index in [0.29, 0.717) is 0 Å². The Morgan fingerprint density at radius 1 is 1.08 bits per heavy atom. The summed E-state index contributed by atoms with van der Waals surface area (Å²) >= 11 is 1.96. The van der Waals surface area contributed by atoms with Gasteiger partial charge in [-0.3, -0.25) is 4.79 Å². The topological polar surface area (TPSA) is 23.6 Å². The first kappa shape index (κ1) is 18.0. The summed E-state index contributed by atoms with van der Waals surface area (Å²) < 4.78 is 0. The Morgan fingerprint density at radius 2 is 1.76 bits per heavy atom. The fourth-order valence-electron chi connectivity index (χ4n) is 3.27. The van der Waals surface area contributed by atoms with Gasteiger partial charge in [-0.15, -0.1) is 0 Å². The summed E-state index contributed by atoms with van der Waals surface area (Å²) in [6, 6.07) is 18.6. The van der Waals surface area contributed by atoms with E-state index in [1.165, 1.54) is 5.56 Å². The van der Waals surface area contributed by atoms with Crippen LogP contribution in [0.4, 0.5) is 0 Å². The van der Waals surface area contributed by atoms with Gasteiger partial charge in [-0.1, -0.05) is 42.5 Å². The highest BCUT2D eigenvalue weighted by Gasteiger charge is 2.26. The van der Waals surface area contributed by atoms with Crippen molar-refractivity contribution in [1.82, 2.24) is 9.80 Å². The summed E-state index contributed by atoms with van der Waals surface area (Å²) in [5, 5.41) is 0. The molecule has 0 aromatic heterocycles. The summed E-state index contributed by atoms with van der Waals surface area (Å²) in [5.41, 5.74) is 3.11. The smallest absolute Gasteiger partial charge is 0.254 e. The monoisotopic (exact) mass is 354 g/mol. The Labute approximate surface area is 155 Å². The molecule has 0 radical (unpaired) electrons. The van der Waals surface area contributed by atoms with Gasteiger partial charge in [-0.25, -0.2) is 0 Å². The van der Waals surface area contributed by atoms with Crippen molar-refractivity contribution in [3.05, 3.63) is 60.2 Å². The first-order valence-corrected chi connectivity index (χ1v) is 9.99. The second-order valence-corrected chi connectivity index (χ2v) is 7.94. The summed E-state index contributed by atoms with van der Waals surface area (Å²) in [5.74, 6) is 2.32. The number of hydrogen-bond donors (Lipinski definition) is 0. The van der Waals surface area contributed by atoms with Gasteiger partial charge in [-0.05, 0) is 49.5 Å². The first-order valence-electron chi connectivity index (χ1n) is 8.84. The lowest BCUT2D eigenvalue weighted by Crippen LogP contribution is -2.46. The van der Waals surface area contributed by atoms with E-state index < -0.39 is 0 Å². The van der Waals surface area contributed by atoms with Crippen LogP contribution >= 0.6 is 11.8 Å². The number of carbonyl (C=O) groups excluding carboxylic acids is 1. The van der Waals surface area contributed by atoms with Gasteiger partial charge < -0.3 is 9.80 Å². The maximum atomic E-state index is 13.1. The van der Waals surface area contributed by atoms with Crippen LogP contribution in [0.2, 0.25) is 0 Å². The molecule has 132 valence electrons. The minimum atomic E-state index is 0.161. The fourth-order valence-corrected chi connectivity index (χ4v) is 4.33. The van der Waals surface area contributed by atoms with Crippen molar-refractivity contribution < 1.29 is 4.79 Å². The van der Waals surface area contributed by atoms with Gasteiger partial charge in [0.05, 0.1) is 6.04 Å². The average Bonchev–Trinajstić information content (AvgIpc) is 2.87. The summed E-state index contributed by atoms with van der Waals surface area (Å²) in [6.45, 7) is 1.77. The summed E-state index contributed by atoms with van der Waals surface area (Å²) in [7, 11) is 4.15. The van der Waals surface area contributed by atoms with Crippen LogP contribution in [-0.2, 0) is 0 Å². The number of benzene rings is 2. The summed E-state index contributed by atoms with van der Waals surface area (Å²) in [6.07, 6.45) is 1.07. The number of carbonyl (C=O) groups is 1. The molecule has 0 unspecified atom stereocenters. The molecule has 3 nitrogen and oxygen atoms in total. The van der Waals surface area contributed by atoms with E-state index in [4.69, 9.17) is 0 Å². The minimum absolute atomic E-state index is 0.161. The maximum absolute atomic E-state index is 13.1. The molecule has 0 aliphatic carbocycles. The number of thioether (sulfide) groups is 1. The van der Waals surface area contributed by atoms with Crippen molar-refractivity contribution in [3.63, 3.8) is 0 Å². The molecule has 1 aliphatic heterocycles. The van der Waals surface area contributed by atoms with Crippen molar-refractivity contribution in [2.75, 3.05) is 38.7 Å². The van der Waals surface area contributed by atoms with E-state index in [1.54, 1.807) is 0 Å². The van der Waals surface area contributed by atoms with Crippen LogP contribution in [0.15, 0.2) is 54.6 Å². The largest absolute Gasteiger partial charge is 0.334 e. The van der Waals surface area contributed by atoms with Crippen molar-refractivity contribution >= 4 is 17.7 Å². The van der Waals surface area contributed by atoms with Crippen LogP contribution in [0.3, 0.4) is 0 Å². The predicted molar refractivity (Wildman–Crippen MR) is 107 cm³/mol. The van der Waals surface area contributed by atoms with E-state index in [1.807, 2.05) is 42.1 Å². The summed E-state index contributed by atoms with van der Waals surface area (Å²) in [4.78, 5) is 17.3. The average molecular weight is 355 g/mol. The van der Waals surface area contributed by atoms with Gasteiger partial charge in [0.1, 0.15) is 0 Å². The third-order valence-corrected chi connectivity index (χ3v) is 5.71. The quantitative estimate of drug-likeness (QED) is 0.833. The number of amides is 1. The molecule has 3 rings (SSSR count). The van der Waals surface area contributed by atoms with Crippen LogP contribution in [0.25, 0.3) is 11.1 Å². The van der Waals surface area contributed by atoms with Crippen molar-refractivity contribution in [1.29, 1.82) is 0 Å². The molecule has 2 aromatic carbocycles. The van der Waals surface area contributed by atoms with Crippen molar-refractivity contribution in [3.8, 4) is 11.1 Å². The van der Waals surface area contributed by atoms with Crippen LogP contribution < -0.4 is 0 Å². The van der Waals surface area contributed by atoms with Crippen molar-refractivity contribution in [2.24, 2.45) is 0 Å². The molecular formula is C21H26N2OS. The van der Waals surface area contributed by atoms with Crippen molar-refractivity contribution in [2.45, 2.75) is 12.5 Å². The third-order valence-electron chi connectivity index (χ3n) is 4.51. The molecular weight excluding hydrogens is 328 g/mol. The van der Waals surface area contributed by atoms with Gasteiger partial charge in [0.2, 0.25) is 0 Å². The lowest BCUT2D eigenvalue weighted by molar-refractivity contribution is 0.0675. The number of nitrogens with zero attached hydrogens (tertiary/aromatic N) is 2. The van der Waals surface area contributed by atoms with E-state index in [9.17, 15) is 4.79 Å². The van der Waals surface area contributed by atoms with Gasteiger partial charge in [0.25, 0.3) is 5.91 Å². The van der Waals surface area contributed by atoms with E-state index in [-0.39, 0.29) is 11.9 Å². The normalized spacial score (nSPS) is 18.2. The zero-order chi connectivity index (χ0) is 17.6. The molecule has 0 spiro atoms. The fraction of sp³-hybridized carbons (Fsp3) is 0.381. The number of hydrogen-bond acceptors (Lipinski definition) is 3. The van der Waals surface area contributed by atoms with E-state index in [2.05, 4.69) is 48.2 Å². The van der Waals surface area contributed by atoms with Crippen LogP contribution in [-0.4, -0.2) is 60.4 Å². The first-order chi connectivity index (χ1) is 12.1. The molecule has 25 heavy (non-hydrogen) atoms. The zero-order valence-corrected chi connectivity index (χ0v) is 15.8. The number of likely N-dealkylation sites (N-methyl/N-ethyl adjacent to an activating group) is 1. The van der Waals surface area contributed by atoms with Gasteiger partial charge >= 0.3 is 0 Å². The van der Waals surface area contributed by atoms with Crippen LogP contribution in [0, 0.1) is 0 Å². The molecule has 1 fully saturated rings. The lowest BCUT2D eigenvalue weighted by Gasteiger charge is -2.31. The maximum Gasteiger partial charge on any atom is 0.254 e. The molecule has 1 aliphatic rings. The molecule has 4 heteroatoms. The van der Waals surface area contributed by atoms with Gasteiger partial charge in [0.15, 0.2) is 0 Å². The Kier molecular flexibility index (Phi) is 6.16. The number of rotatable bonds is 4. The molecule has 0 N–H and O–H groups in total. The zero-order valence-electron chi connectivity index (χ0n) is 15.0. The highest BCUT2D eigenvalue weighted by atomic mass is 32.2. The van der Waals surface area contributed by atoms with Crippen LogP contribution in [0.1, 0.15) is 16.8 Å². The molecule has 1 amide bonds. The van der Waals surface area contributed by atoms with E-state index in [0.717, 1.165) is 42.1 Å². The Hall–Kier alpha value is -1.78. The van der Waals surface area contributed by atoms with E-state index >= 15 is 0 Å². The molecule has 2 aromatic rings. The SMILES string of the molecule is CN(C)C[C@H]1CSCCCN1C(=O)c1ccc(-c2ccccc2)cc1. The molecule has 0 bridgehead atoms. The third kappa shape index (κ3) is 4.65. The Bertz CT molecular complexity index is 685. The Balaban J connectivity index is 1.78. The highest BCUT2D eigenvalue weighted by molar-refractivity contribution is 7.99. The molecule has 1 saturated heterocycles. The molecule has 1 heterocycles. The lowest BCUT2D eigenvalue weighted by atomic mass is 10.0. The second-order valence-electron chi connectivity index (χ2n) is 6.79. The van der Waals surface area contributed by atoms with Crippen LogP contribution in [0.5, 0.6) is 0 Å². The van der Waals surface area contributed by atoms with Gasteiger partial charge in [0, 0.05) is 24.4 Å². The standard InChI is InChI=1S/C21H26N2OS/c1-22(2)15-20-16-25-14-6-13-23(20)21(24)19-11-9-18(10-12-19)17-7-4-3-5-8-17/h3-5,7-12,20H,6,13-16H2,1-2H3/t20-/m0/s1.